The lowest BCUT2D eigenvalue weighted by molar-refractivity contribution is 1.19. The van der Waals surface area contributed by atoms with E-state index in [-0.39, 0.29) is 0 Å². The van der Waals surface area contributed by atoms with Gasteiger partial charge in [-0.05, 0) is 166 Å². The normalized spacial score (nSPS) is 11.7. The lowest BCUT2D eigenvalue weighted by Gasteiger charge is -2.19. The van der Waals surface area contributed by atoms with Crippen LogP contribution in [0.3, 0.4) is 0 Å². The fourth-order valence-corrected chi connectivity index (χ4v) is 10.0. The van der Waals surface area contributed by atoms with Gasteiger partial charge in [0.05, 0.1) is 11.0 Å². The zero-order valence-electron chi connectivity index (χ0n) is 33.5. The van der Waals surface area contributed by atoms with Crippen molar-refractivity contribution in [2.75, 3.05) is 0 Å². The summed E-state index contributed by atoms with van der Waals surface area (Å²) < 4.78 is 2.49. The van der Waals surface area contributed by atoms with Gasteiger partial charge in [0, 0.05) is 16.5 Å². The van der Waals surface area contributed by atoms with Gasteiger partial charge in [-0.3, -0.25) is 0 Å². The summed E-state index contributed by atoms with van der Waals surface area (Å²) in [4.78, 5) is 0. The Morgan fingerprint density at radius 2 is 0.684 bits per heavy atom. The van der Waals surface area contributed by atoms with Gasteiger partial charge in [0.2, 0.25) is 0 Å². The highest BCUT2D eigenvalue weighted by molar-refractivity contribution is 6.22. The Bertz CT molecular complexity index is 3050. The highest BCUT2D eigenvalue weighted by atomic mass is 15.0. The maximum atomic E-state index is 2.49. The van der Waals surface area contributed by atoms with E-state index < -0.39 is 0 Å². The van der Waals surface area contributed by atoms with Gasteiger partial charge < -0.3 is 4.57 Å². The monoisotopic (exact) mass is 731 g/mol. The van der Waals surface area contributed by atoms with Crippen LogP contribution in [-0.2, 0) is 0 Å². The first-order valence-electron chi connectivity index (χ1n) is 20.1. The largest absolute Gasteiger partial charge is 0.309 e. The lowest BCUT2D eigenvalue weighted by atomic mass is 9.86. The van der Waals surface area contributed by atoms with Crippen molar-refractivity contribution in [2.45, 2.75) is 41.5 Å². The second-order valence-corrected chi connectivity index (χ2v) is 16.1. The third-order valence-electron chi connectivity index (χ3n) is 12.1. The van der Waals surface area contributed by atoms with E-state index in [1.807, 2.05) is 0 Å². The molecule has 0 fully saturated rings. The first kappa shape index (κ1) is 34.8. The molecule has 0 unspecified atom stereocenters. The summed E-state index contributed by atoms with van der Waals surface area (Å²) in [5.74, 6) is 0. The maximum absolute atomic E-state index is 2.49. The van der Waals surface area contributed by atoms with Crippen molar-refractivity contribution in [3.63, 3.8) is 0 Å². The molecule has 1 aromatic heterocycles. The van der Waals surface area contributed by atoms with Gasteiger partial charge in [-0.15, -0.1) is 0 Å². The van der Waals surface area contributed by atoms with Crippen LogP contribution in [0.25, 0.3) is 93.5 Å². The third kappa shape index (κ3) is 5.68. The van der Waals surface area contributed by atoms with Gasteiger partial charge in [0.1, 0.15) is 0 Å². The van der Waals surface area contributed by atoms with Crippen LogP contribution in [-0.4, -0.2) is 4.57 Å². The number of aromatic nitrogens is 1. The highest BCUT2D eigenvalue weighted by Crippen LogP contribution is 2.46. The minimum Gasteiger partial charge on any atom is -0.309 e. The smallest absolute Gasteiger partial charge is 0.0541 e. The molecule has 57 heavy (non-hydrogen) atoms. The molecule has 0 aliphatic heterocycles. The van der Waals surface area contributed by atoms with Crippen LogP contribution in [0.15, 0.2) is 164 Å². The SMILES string of the molecule is Cc1cc(C)c(-c2ccc3c(c2)c2cc(-c4c(C)cc(C)cc4C)ccc2n3-c2ccc3c(-c4ccccc4)c4ccccc4c(-c4ccccc4)c3c2)c(C)c1. The molecule has 0 N–H and O–H groups in total. The van der Waals surface area contributed by atoms with E-state index in [1.54, 1.807) is 0 Å². The fourth-order valence-electron chi connectivity index (χ4n) is 10.0. The van der Waals surface area contributed by atoms with Gasteiger partial charge in [0.25, 0.3) is 0 Å². The van der Waals surface area contributed by atoms with E-state index in [1.165, 1.54) is 121 Å². The van der Waals surface area contributed by atoms with Crippen molar-refractivity contribution >= 4 is 43.4 Å². The Balaban J connectivity index is 1.30. The number of benzene rings is 9. The number of hydrogen-bond acceptors (Lipinski definition) is 0. The molecule has 10 aromatic rings. The molecule has 0 aliphatic rings. The molecule has 0 radical (unpaired) electrons. The molecule has 10 rings (SSSR count). The average Bonchev–Trinajstić information content (AvgIpc) is 3.52. The molecule has 0 amide bonds. The molecule has 0 spiro atoms. The maximum Gasteiger partial charge on any atom is 0.0541 e. The topological polar surface area (TPSA) is 4.93 Å². The molecule has 9 aromatic carbocycles. The van der Waals surface area contributed by atoms with Gasteiger partial charge >= 0.3 is 0 Å². The van der Waals surface area contributed by atoms with E-state index in [0.29, 0.717) is 0 Å². The fraction of sp³-hybridized carbons (Fsp3) is 0.107. The van der Waals surface area contributed by atoms with Crippen LogP contribution in [0, 0.1) is 41.5 Å². The highest BCUT2D eigenvalue weighted by Gasteiger charge is 2.21. The van der Waals surface area contributed by atoms with Gasteiger partial charge in [0.15, 0.2) is 0 Å². The first-order valence-corrected chi connectivity index (χ1v) is 20.1. The standard InChI is InChI=1S/C56H45N/c1-34-27-36(3)53(37(4)28-34)42-21-25-51-48(31-42)49-32-43(54-38(5)29-35(2)30-39(54)6)22-26-52(49)57(51)44-23-24-47-50(33-44)56(41-17-11-8-12-18-41)46-20-14-13-19-45(46)55(47)40-15-9-7-10-16-40/h7-33H,1-6H3. The van der Waals surface area contributed by atoms with Gasteiger partial charge in [-0.1, -0.05) is 139 Å². The molecule has 0 bridgehead atoms. The summed E-state index contributed by atoms with van der Waals surface area (Å²) in [6, 6.07) is 61.4. The molecule has 274 valence electrons. The van der Waals surface area contributed by atoms with E-state index in [9.17, 15) is 0 Å². The van der Waals surface area contributed by atoms with Crippen molar-refractivity contribution in [1.82, 2.24) is 4.57 Å². The zero-order chi connectivity index (χ0) is 38.9. The number of fused-ring (bicyclic) bond motifs is 5. The Labute approximate surface area is 335 Å². The number of hydrogen-bond donors (Lipinski definition) is 0. The molecule has 0 aliphatic carbocycles. The van der Waals surface area contributed by atoms with E-state index in [0.717, 1.165) is 5.69 Å². The second kappa shape index (κ2) is 13.5. The quantitative estimate of drug-likeness (QED) is 0.155. The predicted octanol–water partition coefficient (Wildman–Crippen LogP) is 15.6. The van der Waals surface area contributed by atoms with Crippen molar-refractivity contribution in [3.05, 3.63) is 197 Å². The Hall–Kier alpha value is -6.70. The predicted molar refractivity (Wildman–Crippen MR) is 246 cm³/mol. The van der Waals surface area contributed by atoms with Crippen LogP contribution in [0.1, 0.15) is 33.4 Å². The Morgan fingerprint density at radius 3 is 1.14 bits per heavy atom. The molecule has 1 heterocycles. The van der Waals surface area contributed by atoms with Crippen molar-refractivity contribution in [3.8, 4) is 50.2 Å². The summed E-state index contributed by atoms with van der Waals surface area (Å²) in [6.45, 7) is 13.4. The third-order valence-corrected chi connectivity index (χ3v) is 12.1. The van der Waals surface area contributed by atoms with E-state index in [4.69, 9.17) is 0 Å². The summed E-state index contributed by atoms with van der Waals surface area (Å²) in [5, 5.41) is 7.55. The summed E-state index contributed by atoms with van der Waals surface area (Å²) in [7, 11) is 0. The lowest BCUT2D eigenvalue weighted by Crippen LogP contribution is -1.97. The van der Waals surface area contributed by atoms with Crippen molar-refractivity contribution in [2.24, 2.45) is 0 Å². The minimum atomic E-state index is 1.15. The van der Waals surface area contributed by atoms with Crippen LogP contribution >= 0.6 is 0 Å². The number of rotatable bonds is 5. The Kier molecular flexibility index (Phi) is 8.23. The number of nitrogens with zero attached hydrogens (tertiary/aromatic N) is 1. The number of aryl methyl sites for hydroxylation is 6. The zero-order valence-corrected chi connectivity index (χ0v) is 33.5. The van der Waals surface area contributed by atoms with Crippen molar-refractivity contribution in [1.29, 1.82) is 0 Å². The van der Waals surface area contributed by atoms with Crippen LogP contribution < -0.4 is 0 Å². The van der Waals surface area contributed by atoms with Crippen molar-refractivity contribution < 1.29 is 0 Å². The van der Waals surface area contributed by atoms with Gasteiger partial charge in [-0.2, -0.15) is 0 Å². The second-order valence-electron chi connectivity index (χ2n) is 16.1. The van der Waals surface area contributed by atoms with Gasteiger partial charge in [-0.25, -0.2) is 0 Å². The molecule has 0 atom stereocenters. The molecule has 0 saturated carbocycles. The molecule has 0 saturated heterocycles. The minimum absolute atomic E-state index is 1.15. The van der Waals surface area contributed by atoms with Crippen LogP contribution in [0.5, 0.6) is 0 Å². The van der Waals surface area contributed by atoms with E-state index in [2.05, 4.69) is 210 Å². The molecule has 1 heteroatoms. The Morgan fingerprint density at radius 1 is 0.281 bits per heavy atom. The summed E-state index contributed by atoms with van der Waals surface area (Å²) in [5.41, 5.74) is 21.6. The van der Waals surface area contributed by atoms with E-state index >= 15 is 0 Å². The summed E-state index contributed by atoms with van der Waals surface area (Å²) in [6.07, 6.45) is 0. The molecular formula is C56H45N. The molecule has 1 nitrogen and oxygen atoms in total. The summed E-state index contributed by atoms with van der Waals surface area (Å²) >= 11 is 0. The van der Waals surface area contributed by atoms with Crippen LogP contribution in [0.4, 0.5) is 0 Å². The van der Waals surface area contributed by atoms with Crippen LogP contribution in [0.2, 0.25) is 0 Å². The molecular weight excluding hydrogens is 687 g/mol. The first-order chi connectivity index (χ1) is 27.7. The average molecular weight is 732 g/mol.